The summed E-state index contributed by atoms with van der Waals surface area (Å²) in [5.74, 6) is 2.54. The summed E-state index contributed by atoms with van der Waals surface area (Å²) in [5.41, 5.74) is 4.09. The Bertz CT molecular complexity index is 1500. The molecular formula is C31H26ClN3O4. The molecule has 0 aromatic heterocycles. The monoisotopic (exact) mass is 539 g/mol. The highest BCUT2D eigenvalue weighted by Gasteiger charge is 2.21. The van der Waals surface area contributed by atoms with E-state index in [-0.39, 0.29) is 19.6 Å². The molecule has 0 spiro atoms. The quantitative estimate of drug-likeness (QED) is 0.163. The third-order valence-electron chi connectivity index (χ3n) is 5.73. The van der Waals surface area contributed by atoms with Gasteiger partial charge in [-0.05, 0) is 46.7 Å². The molecule has 2 N–H and O–H groups in total. The molecule has 4 aromatic carbocycles. The zero-order valence-electron chi connectivity index (χ0n) is 21.0. The number of fused-ring (bicyclic) bond motifs is 1. The number of rotatable bonds is 11. The fourth-order valence-electron chi connectivity index (χ4n) is 3.87. The van der Waals surface area contributed by atoms with Gasteiger partial charge in [-0.3, -0.25) is 9.59 Å². The van der Waals surface area contributed by atoms with Crippen molar-refractivity contribution in [3.05, 3.63) is 107 Å². The van der Waals surface area contributed by atoms with Gasteiger partial charge in [0.15, 0.2) is 6.61 Å². The van der Waals surface area contributed by atoms with E-state index < -0.39 is 17.9 Å². The first-order valence-electron chi connectivity index (χ1n) is 12.2. The van der Waals surface area contributed by atoms with Crippen molar-refractivity contribution in [1.29, 1.82) is 0 Å². The fraction of sp³-hybridized carbons (Fsp3) is 0.129. The summed E-state index contributed by atoms with van der Waals surface area (Å²) in [7, 11) is 0. The number of carbonyl (C=O) groups is 2. The van der Waals surface area contributed by atoms with Gasteiger partial charge in [0, 0.05) is 17.0 Å². The molecule has 0 fully saturated rings. The molecule has 7 nitrogen and oxygen atoms in total. The summed E-state index contributed by atoms with van der Waals surface area (Å²) < 4.78 is 11.2. The molecule has 0 aliphatic heterocycles. The lowest BCUT2D eigenvalue weighted by atomic mass is 10.0. The van der Waals surface area contributed by atoms with Crippen molar-refractivity contribution in [2.24, 2.45) is 5.10 Å². The van der Waals surface area contributed by atoms with Crippen LogP contribution in [0.2, 0.25) is 5.02 Å². The van der Waals surface area contributed by atoms with Crippen molar-refractivity contribution >= 4 is 40.4 Å². The van der Waals surface area contributed by atoms with E-state index >= 15 is 0 Å². The number of benzene rings is 4. The van der Waals surface area contributed by atoms with E-state index in [1.165, 1.54) is 6.21 Å². The molecule has 0 aliphatic carbocycles. The number of ether oxygens (including phenoxy) is 2. The maximum absolute atomic E-state index is 13.2. The molecule has 0 aliphatic rings. The van der Waals surface area contributed by atoms with Crippen LogP contribution in [0.4, 0.5) is 0 Å². The van der Waals surface area contributed by atoms with Crippen LogP contribution >= 0.6 is 11.6 Å². The van der Waals surface area contributed by atoms with E-state index in [1.54, 1.807) is 24.3 Å². The van der Waals surface area contributed by atoms with Crippen LogP contribution in [0.15, 0.2) is 96.1 Å². The van der Waals surface area contributed by atoms with Crippen LogP contribution in [0.1, 0.15) is 11.1 Å². The average molecular weight is 540 g/mol. The minimum absolute atomic E-state index is 0.0921. The second-order valence-electron chi connectivity index (χ2n) is 8.48. The van der Waals surface area contributed by atoms with Crippen LogP contribution < -0.4 is 20.2 Å². The van der Waals surface area contributed by atoms with Crippen LogP contribution in [0.3, 0.4) is 0 Å². The van der Waals surface area contributed by atoms with Crippen molar-refractivity contribution in [2.45, 2.75) is 12.5 Å². The summed E-state index contributed by atoms with van der Waals surface area (Å²) in [6.07, 6.45) is 7.14. The van der Waals surface area contributed by atoms with Gasteiger partial charge in [0.25, 0.3) is 11.8 Å². The molecule has 0 saturated heterocycles. The molecule has 0 radical (unpaired) electrons. The number of nitrogens with zero attached hydrogens (tertiary/aromatic N) is 1. The molecule has 4 rings (SSSR count). The number of amides is 2. The van der Waals surface area contributed by atoms with Gasteiger partial charge in [-0.15, -0.1) is 6.42 Å². The van der Waals surface area contributed by atoms with Crippen LogP contribution in [0.5, 0.6) is 11.5 Å². The third kappa shape index (κ3) is 7.84. The van der Waals surface area contributed by atoms with E-state index in [2.05, 4.69) is 21.8 Å². The van der Waals surface area contributed by atoms with Gasteiger partial charge in [-0.2, -0.15) is 5.10 Å². The van der Waals surface area contributed by atoms with Gasteiger partial charge in [-0.1, -0.05) is 78.2 Å². The highest BCUT2D eigenvalue weighted by molar-refractivity contribution is 6.30. The van der Waals surface area contributed by atoms with E-state index in [4.69, 9.17) is 27.5 Å². The van der Waals surface area contributed by atoms with E-state index in [9.17, 15) is 9.59 Å². The highest BCUT2D eigenvalue weighted by Crippen LogP contribution is 2.26. The lowest BCUT2D eigenvalue weighted by molar-refractivity contribution is -0.130. The molecule has 2 amide bonds. The van der Waals surface area contributed by atoms with Crippen molar-refractivity contribution in [3.63, 3.8) is 0 Å². The van der Waals surface area contributed by atoms with Gasteiger partial charge < -0.3 is 14.8 Å². The molecular weight excluding hydrogens is 514 g/mol. The molecule has 0 heterocycles. The molecule has 39 heavy (non-hydrogen) atoms. The van der Waals surface area contributed by atoms with Gasteiger partial charge in [0.05, 0.1) is 6.21 Å². The SMILES string of the molecule is C#CCOc1ccc2ccccc2c1/C=N\NC(=O)[C@H](Cc1ccccc1)NC(=O)COc1ccc(Cl)cc1. The predicted molar refractivity (Wildman–Crippen MR) is 153 cm³/mol. The Morgan fingerprint density at radius 3 is 2.46 bits per heavy atom. The normalized spacial score (nSPS) is 11.5. The molecule has 0 unspecified atom stereocenters. The topological polar surface area (TPSA) is 89.0 Å². The fourth-order valence-corrected chi connectivity index (χ4v) is 3.99. The summed E-state index contributed by atoms with van der Waals surface area (Å²) >= 11 is 5.89. The smallest absolute Gasteiger partial charge is 0.262 e. The molecule has 1 atom stereocenters. The standard InChI is InChI=1S/C31H26ClN3O4/c1-2-18-38-29-17-12-23-10-6-7-11-26(23)27(29)20-33-35-31(37)28(19-22-8-4-3-5-9-22)34-30(36)21-39-25-15-13-24(32)14-16-25/h1,3-17,20,28H,18-19,21H2,(H,34,36)(H,35,37)/b33-20-/t28-/m0/s1. The van der Waals surface area contributed by atoms with Crippen molar-refractivity contribution in [3.8, 4) is 23.8 Å². The largest absolute Gasteiger partial charge is 0.484 e. The van der Waals surface area contributed by atoms with Crippen LogP contribution in [0, 0.1) is 12.3 Å². The minimum atomic E-state index is -0.893. The highest BCUT2D eigenvalue weighted by atomic mass is 35.5. The lowest BCUT2D eigenvalue weighted by Gasteiger charge is -2.17. The summed E-state index contributed by atoms with van der Waals surface area (Å²) in [4.78, 5) is 25.8. The number of hydrogen-bond acceptors (Lipinski definition) is 5. The first kappa shape index (κ1) is 27.2. The molecule has 196 valence electrons. The van der Waals surface area contributed by atoms with E-state index in [0.29, 0.717) is 22.1 Å². The van der Waals surface area contributed by atoms with Gasteiger partial charge >= 0.3 is 0 Å². The number of nitrogens with one attached hydrogen (secondary N) is 2. The third-order valence-corrected chi connectivity index (χ3v) is 5.98. The second-order valence-corrected chi connectivity index (χ2v) is 8.91. The van der Waals surface area contributed by atoms with Crippen molar-refractivity contribution < 1.29 is 19.1 Å². The van der Waals surface area contributed by atoms with Gasteiger partial charge in [0.1, 0.15) is 24.1 Å². The predicted octanol–water partition coefficient (Wildman–Crippen LogP) is 4.76. The van der Waals surface area contributed by atoms with Gasteiger partial charge in [-0.25, -0.2) is 5.43 Å². The first-order valence-corrected chi connectivity index (χ1v) is 12.5. The number of terminal acetylenes is 1. The summed E-state index contributed by atoms with van der Waals surface area (Å²) in [5, 5.41) is 9.35. The van der Waals surface area contributed by atoms with Crippen LogP contribution in [-0.4, -0.2) is 37.3 Å². The second kappa shape index (κ2) is 13.7. The Morgan fingerprint density at radius 2 is 1.69 bits per heavy atom. The first-order chi connectivity index (χ1) is 19.0. The molecule has 0 bridgehead atoms. The lowest BCUT2D eigenvalue weighted by Crippen LogP contribution is -2.48. The number of hydrogen-bond donors (Lipinski definition) is 2. The number of halogens is 1. The van der Waals surface area contributed by atoms with Gasteiger partial charge in [0.2, 0.25) is 0 Å². The van der Waals surface area contributed by atoms with Crippen LogP contribution in [-0.2, 0) is 16.0 Å². The zero-order chi connectivity index (χ0) is 27.5. The molecule has 0 saturated carbocycles. The Kier molecular flexibility index (Phi) is 9.54. The van der Waals surface area contributed by atoms with E-state index in [1.807, 2.05) is 66.7 Å². The Hall–Kier alpha value is -4.80. The summed E-state index contributed by atoms with van der Waals surface area (Å²) in [6.45, 7) is -0.176. The zero-order valence-corrected chi connectivity index (χ0v) is 21.7. The molecule has 8 heteroatoms. The minimum Gasteiger partial charge on any atom is -0.484 e. The van der Waals surface area contributed by atoms with Crippen molar-refractivity contribution in [2.75, 3.05) is 13.2 Å². The van der Waals surface area contributed by atoms with E-state index in [0.717, 1.165) is 16.3 Å². The molecule has 4 aromatic rings. The Balaban J connectivity index is 1.48. The Morgan fingerprint density at radius 1 is 0.949 bits per heavy atom. The number of hydrazone groups is 1. The number of carbonyl (C=O) groups excluding carboxylic acids is 2. The maximum atomic E-state index is 13.2. The summed E-state index contributed by atoms with van der Waals surface area (Å²) in [6, 6.07) is 26.6. The average Bonchev–Trinajstić information content (AvgIpc) is 2.96. The Labute approximate surface area is 231 Å². The maximum Gasteiger partial charge on any atom is 0.262 e. The van der Waals surface area contributed by atoms with Crippen LogP contribution in [0.25, 0.3) is 10.8 Å². The van der Waals surface area contributed by atoms with Crippen molar-refractivity contribution in [1.82, 2.24) is 10.7 Å².